The second-order valence-corrected chi connectivity index (χ2v) is 13.7. The van der Waals surface area contributed by atoms with Crippen molar-refractivity contribution in [3.8, 4) is 0 Å². The Bertz CT molecular complexity index is 756. The highest BCUT2D eigenvalue weighted by Gasteiger charge is 2.59. The number of hydrogen-bond donors (Lipinski definition) is 1. The molecule has 0 aromatic carbocycles. The fourth-order valence-electron chi connectivity index (χ4n) is 9.15. The Hall–Kier alpha value is -0.830. The van der Waals surface area contributed by atoms with Crippen LogP contribution in [0, 0.1) is 52.3 Å². The standard InChI is InChI=1S/C31H52O3/c1-20(2)8-7-9-21(3)26-12-13-27-25-11-10-23-18-24(34-19-22(4)29(32)33)14-16-30(23,5)28(25)15-17-31(26,27)6/h10,20-22,24-28H,7-9,11-19H2,1-6H3,(H,32,33)/t21-,22?,24+,25+,26-,27+,28+,30+,31-/m1/s1. The van der Waals surface area contributed by atoms with Crippen molar-refractivity contribution in [3.63, 3.8) is 0 Å². The summed E-state index contributed by atoms with van der Waals surface area (Å²) < 4.78 is 6.09. The molecule has 0 heterocycles. The molecule has 0 radical (unpaired) electrons. The lowest BCUT2D eigenvalue weighted by atomic mass is 9.47. The van der Waals surface area contributed by atoms with Crippen LogP contribution in [-0.4, -0.2) is 23.8 Å². The molecule has 0 aromatic heterocycles. The quantitative estimate of drug-likeness (QED) is 0.344. The lowest BCUT2D eigenvalue weighted by molar-refractivity contribution is -0.144. The van der Waals surface area contributed by atoms with Crippen LogP contribution in [0.25, 0.3) is 0 Å². The lowest BCUT2D eigenvalue weighted by Crippen LogP contribution is -2.51. The molecule has 0 spiro atoms. The van der Waals surface area contributed by atoms with Crippen LogP contribution in [0.4, 0.5) is 0 Å². The van der Waals surface area contributed by atoms with Crippen LogP contribution < -0.4 is 0 Å². The van der Waals surface area contributed by atoms with E-state index in [4.69, 9.17) is 4.74 Å². The van der Waals surface area contributed by atoms with Gasteiger partial charge in [0.25, 0.3) is 0 Å². The van der Waals surface area contributed by atoms with Gasteiger partial charge >= 0.3 is 5.97 Å². The van der Waals surface area contributed by atoms with E-state index in [0.29, 0.717) is 17.4 Å². The first-order valence-corrected chi connectivity index (χ1v) is 14.6. The first-order valence-electron chi connectivity index (χ1n) is 14.6. The van der Waals surface area contributed by atoms with E-state index >= 15 is 0 Å². The minimum atomic E-state index is -0.755. The minimum Gasteiger partial charge on any atom is -0.481 e. The normalized spacial score (nSPS) is 41.3. The van der Waals surface area contributed by atoms with Gasteiger partial charge in [0.1, 0.15) is 0 Å². The second-order valence-electron chi connectivity index (χ2n) is 13.7. The smallest absolute Gasteiger partial charge is 0.308 e. The Morgan fingerprint density at radius 3 is 2.53 bits per heavy atom. The summed E-state index contributed by atoms with van der Waals surface area (Å²) in [6, 6.07) is 0. The zero-order valence-corrected chi connectivity index (χ0v) is 22.9. The molecule has 3 nitrogen and oxygen atoms in total. The van der Waals surface area contributed by atoms with E-state index < -0.39 is 11.9 Å². The summed E-state index contributed by atoms with van der Waals surface area (Å²) in [7, 11) is 0. The lowest BCUT2D eigenvalue weighted by Gasteiger charge is -2.58. The molecular formula is C31H52O3. The van der Waals surface area contributed by atoms with E-state index in [0.717, 1.165) is 48.3 Å². The van der Waals surface area contributed by atoms with E-state index in [1.807, 2.05) is 0 Å². The third kappa shape index (κ3) is 4.89. The fraction of sp³-hybridized carbons (Fsp3) is 0.903. The zero-order valence-electron chi connectivity index (χ0n) is 22.9. The van der Waals surface area contributed by atoms with Gasteiger partial charge in [-0.1, -0.05) is 65.5 Å². The molecule has 194 valence electrons. The maximum Gasteiger partial charge on any atom is 0.308 e. The monoisotopic (exact) mass is 472 g/mol. The van der Waals surface area contributed by atoms with Crippen LogP contribution in [0.1, 0.15) is 112 Å². The van der Waals surface area contributed by atoms with Gasteiger partial charge in [0.2, 0.25) is 0 Å². The van der Waals surface area contributed by atoms with Gasteiger partial charge in [-0.25, -0.2) is 0 Å². The molecule has 1 unspecified atom stereocenters. The number of carboxylic acid groups (broad SMARTS) is 1. The molecule has 9 atom stereocenters. The van der Waals surface area contributed by atoms with E-state index in [1.165, 1.54) is 57.8 Å². The highest BCUT2D eigenvalue weighted by atomic mass is 16.5. The maximum absolute atomic E-state index is 11.2. The van der Waals surface area contributed by atoms with Gasteiger partial charge in [-0.15, -0.1) is 0 Å². The zero-order chi connectivity index (χ0) is 24.7. The molecule has 4 rings (SSSR count). The van der Waals surface area contributed by atoms with E-state index in [1.54, 1.807) is 12.5 Å². The minimum absolute atomic E-state index is 0.203. The maximum atomic E-state index is 11.2. The molecule has 0 aromatic rings. The van der Waals surface area contributed by atoms with Crippen molar-refractivity contribution in [1.82, 2.24) is 0 Å². The van der Waals surface area contributed by atoms with E-state index in [2.05, 4.69) is 40.7 Å². The summed E-state index contributed by atoms with van der Waals surface area (Å²) in [5.41, 5.74) is 2.52. The largest absolute Gasteiger partial charge is 0.481 e. The Balaban J connectivity index is 1.41. The first kappa shape index (κ1) is 26.2. The highest BCUT2D eigenvalue weighted by Crippen LogP contribution is 2.67. The van der Waals surface area contributed by atoms with Gasteiger partial charge in [-0.3, -0.25) is 4.79 Å². The Morgan fingerprint density at radius 1 is 1.06 bits per heavy atom. The average molecular weight is 473 g/mol. The number of carbonyl (C=O) groups is 1. The number of allylic oxidation sites excluding steroid dienone is 1. The Morgan fingerprint density at radius 2 is 1.82 bits per heavy atom. The molecule has 3 fully saturated rings. The van der Waals surface area contributed by atoms with Gasteiger partial charge in [-0.2, -0.15) is 0 Å². The molecule has 3 saturated carbocycles. The molecule has 0 saturated heterocycles. The number of fused-ring (bicyclic) bond motifs is 5. The summed E-state index contributed by atoms with van der Waals surface area (Å²) in [6.45, 7) is 14.6. The van der Waals surface area contributed by atoms with Gasteiger partial charge in [0.15, 0.2) is 0 Å². The topological polar surface area (TPSA) is 46.5 Å². The first-order chi connectivity index (χ1) is 16.1. The van der Waals surface area contributed by atoms with Gasteiger partial charge in [0.05, 0.1) is 18.6 Å². The van der Waals surface area contributed by atoms with Crippen molar-refractivity contribution >= 4 is 5.97 Å². The van der Waals surface area contributed by atoms with Gasteiger partial charge in [0, 0.05) is 0 Å². The number of rotatable bonds is 9. The third-order valence-corrected chi connectivity index (χ3v) is 11.3. The van der Waals surface area contributed by atoms with Crippen molar-refractivity contribution in [1.29, 1.82) is 0 Å². The summed E-state index contributed by atoms with van der Waals surface area (Å²) in [5.74, 6) is 4.06. The Labute approximate surface area is 209 Å². The Kier molecular flexibility index (Phi) is 7.92. The molecular weight excluding hydrogens is 420 g/mol. The van der Waals surface area contributed by atoms with Crippen molar-refractivity contribution in [3.05, 3.63) is 11.6 Å². The molecule has 3 heteroatoms. The van der Waals surface area contributed by atoms with E-state index in [-0.39, 0.29) is 6.10 Å². The van der Waals surface area contributed by atoms with Gasteiger partial charge in [-0.05, 0) is 105 Å². The predicted octanol–water partition coefficient (Wildman–Crippen LogP) is 8.13. The fourth-order valence-corrected chi connectivity index (χ4v) is 9.15. The van der Waals surface area contributed by atoms with Crippen LogP contribution in [0.15, 0.2) is 11.6 Å². The van der Waals surface area contributed by atoms with Crippen LogP contribution in [0.2, 0.25) is 0 Å². The second kappa shape index (κ2) is 10.3. The molecule has 4 aliphatic rings. The molecule has 0 bridgehead atoms. The number of hydrogen-bond acceptors (Lipinski definition) is 2. The third-order valence-electron chi connectivity index (χ3n) is 11.3. The predicted molar refractivity (Wildman–Crippen MR) is 140 cm³/mol. The highest BCUT2D eigenvalue weighted by molar-refractivity contribution is 5.69. The van der Waals surface area contributed by atoms with Crippen molar-refractivity contribution in [2.45, 2.75) is 118 Å². The van der Waals surface area contributed by atoms with E-state index in [9.17, 15) is 9.90 Å². The summed E-state index contributed by atoms with van der Waals surface area (Å²) in [4.78, 5) is 11.2. The van der Waals surface area contributed by atoms with Crippen LogP contribution in [0.5, 0.6) is 0 Å². The molecule has 0 amide bonds. The van der Waals surface area contributed by atoms with Crippen molar-refractivity contribution < 1.29 is 14.6 Å². The molecule has 34 heavy (non-hydrogen) atoms. The SMILES string of the molecule is CC(C)CCC[C@@H](C)[C@H]1CC[C@H]2[C@@H]3CC=C4C[C@@H](OCC(C)C(=O)O)CC[C@]4(C)[C@H]3CC[C@]12C. The number of carboxylic acids is 1. The summed E-state index contributed by atoms with van der Waals surface area (Å²) in [6.07, 6.45) is 17.3. The molecule has 1 N–H and O–H groups in total. The number of aliphatic carboxylic acids is 1. The van der Waals surface area contributed by atoms with Crippen LogP contribution >= 0.6 is 0 Å². The number of ether oxygens (including phenoxy) is 1. The molecule has 0 aliphatic heterocycles. The summed E-state index contributed by atoms with van der Waals surface area (Å²) >= 11 is 0. The summed E-state index contributed by atoms with van der Waals surface area (Å²) in [5, 5.41) is 9.19. The van der Waals surface area contributed by atoms with Crippen molar-refractivity contribution in [2.24, 2.45) is 52.3 Å². The van der Waals surface area contributed by atoms with Crippen LogP contribution in [0.3, 0.4) is 0 Å². The van der Waals surface area contributed by atoms with Crippen molar-refractivity contribution in [2.75, 3.05) is 6.61 Å². The van der Waals surface area contributed by atoms with Crippen LogP contribution in [-0.2, 0) is 9.53 Å². The van der Waals surface area contributed by atoms with Gasteiger partial charge < -0.3 is 9.84 Å². The average Bonchev–Trinajstić information content (AvgIpc) is 3.14. The molecule has 4 aliphatic carbocycles.